The summed E-state index contributed by atoms with van der Waals surface area (Å²) in [4.78, 5) is 13.1. The monoisotopic (exact) mass is 403 g/mol. The Labute approximate surface area is 172 Å². The van der Waals surface area contributed by atoms with Crippen molar-refractivity contribution in [1.29, 1.82) is 0 Å². The Balaban J connectivity index is 1.71. The van der Waals surface area contributed by atoms with Crippen molar-refractivity contribution in [2.24, 2.45) is 0 Å². The molecule has 150 valence electrons. The average Bonchev–Trinajstić information content (AvgIpc) is 3.21. The second-order valence-corrected chi connectivity index (χ2v) is 6.92. The van der Waals surface area contributed by atoms with Gasteiger partial charge in [-0.1, -0.05) is 30.3 Å². The number of hydrogen-bond acceptors (Lipinski definition) is 2. The van der Waals surface area contributed by atoms with Gasteiger partial charge in [-0.3, -0.25) is 4.79 Å². The molecule has 1 heterocycles. The molecule has 4 nitrogen and oxygen atoms in total. The summed E-state index contributed by atoms with van der Waals surface area (Å²) in [5.74, 6) is -1.06. The molecule has 1 aromatic heterocycles. The van der Waals surface area contributed by atoms with Crippen molar-refractivity contribution >= 4 is 5.91 Å². The van der Waals surface area contributed by atoms with Gasteiger partial charge in [0.1, 0.15) is 17.3 Å². The topological polar surface area (TPSA) is 46.9 Å². The SMILES string of the molecule is CC(NC(=O)c1cc(-c2ccc(F)cc2)nn1-c1ccc(F)cc1)c1ccccc1. The maximum absolute atomic E-state index is 13.4. The summed E-state index contributed by atoms with van der Waals surface area (Å²) in [5, 5.41) is 7.50. The van der Waals surface area contributed by atoms with Gasteiger partial charge >= 0.3 is 0 Å². The number of carbonyl (C=O) groups excluding carboxylic acids is 1. The van der Waals surface area contributed by atoms with Crippen molar-refractivity contribution < 1.29 is 13.6 Å². The fourth-order valence-electron chi connectivity index (χ4n) is 3.18. The summed E-state index contributed by atoms with van der Waals surface area (Å²) in [6.45, 7) is 1.90. The van der Waals surface area contributed by atoms with Gasteiger partial charge < -0.3 is 5.32 Å². The molecule has 0 saturated carbocycles. The fourth-order valence-corrected chi connectivity index (χ4v) is 3.18. The molecule has 0 radical (unpaired) electrons. The predicted octanol–water partition coefficient (Wildman–Crippen LogP) is 5.31. The van der Waals surface area contributed by atoms with E-state index in [1.54, 1.807) is 30.3 Å². The van der Waals surface area contributed by atoms with Crippen molar-refractivity contribution in [2.45, 2.75) is 13.0 Å². The molecule has 4 aromatic rings. The zero-order valence-corrected chi connectivity index (χ0v) is 16.2. The minimum Gasteiger partial charge on any atom is -0.344 e. The van der Waals surface area contributed by atoms with Crippen LogP contribution in [0.25, 0.3) is 16.9 Å². The molecule has 1 atom stereocenters. The second-order valence-electron chi connectivity index (χ2n) is 6.92. The van der Waals surface area contributed by atoms with Crippen LogP contribution in [0.4, 0.5) is 8.78 Å². The molecule has 1 amide bonds. The highest BCUT2D eigenvalue weighted by Crippen LogP contribution is 2.23. The van der Waals surface area contributed by atoms with Crippen molar-refractivity contribution in [1.82, 2.24) is 15.1 Å². The molecular weight excluding hydrogens is 384 g/mol. The van der Waals surface area contributed by atoms with Crippen LogP contribution in [0.3, 0.4) is 0 Å². The lowest BCUT2D eigenvalue weighted by molar-refractivity contribution is 0.0932. The van der Waals surface area contributed by atoms with Crippen molar-refractivity contribution in [2.75, 3.05) is 0 Å². The van der Waals surface area contributed by atoms with Gasteiger partial charge in [0, 0.05) is 5.56 Å². The first-order valence-corrected chi connectivity index (χ1v) is 9.49. The molecule has 1 N–H and O–H groups in total. The Morgan fingerprint density at radius 1 is 0.900 bits per heavy atom. The van der Waals surface area contributed by atoms with Gasteiger partial charge in [0.2, 0.25) is 0 Å². The third-order valence-corrected chi connectivity index (χ3v) is 4.80. The van der Waals surface area contributed by atoms with E-state index in [4.69, 9.17) is 0 Å². The highest BCUT2D eigenvalue weighted by molar-refractivity contribution is 5.94. The number of rotatable bonds is 5. The lowest BCUT2D eigenvalue weighted by Crippen LogP contribution is -2.28. The average molecular weight is 403 g/mol. The van der Waals surface area contributed by atoms with Crippen LogP contribution >= 0.6 is 0 Å². The zero-order chi connectivity index (χ0) is 21.1. The minimum atomic E-state index is -0.381. The van der Waals surface area contributed by atoms with Gasteiger partial charge in [-0.15, -0.1) is 0 Å². The Hall–Kier alpha value is -3.80. The van der Waals surface area contributed by atoms with Gasteiger partial charge in [-0.2, -0.15) is 5.10 Å². The quantitative estimate of drug-likeness (QED) is 0.491. The number of nitrogens with zero attached hydrogens (tertiary/aromatic N) is 2. The van der Waals surface area contributed by atoms with Crippen LogP contribution in [-0.4, -0.2) is 15.7 Å². The van der Waals surface area contributed by atoms with Crippen LogP contribution in [0.1, 0.15) is 29.0 Å². The van der Waals surface area contributed by atoms with Crippen LogP contribution in [-0.2, 0) is 0 Å². The van der Waals surface area contributed by atoms with Crippen LogP contribution in [0.2, 0.25) is 0 Å². The number of amides is 1. The maximum Gasteiger partial charge on any atom is 0.270 e. The normalized spacial score (nSPS) is 11.8. The van der Waals surface area contributed by atoms with Crippen molar-refractivity contribution in [3.05, 3.63) is 108 Å². The number of benzene rings is 3. The zero-order valence-electron chi connectivity index (χ0n) is 16.2. The molecule has 0 aliphatic carbocycles. The Bertz CT molecular complexity index is 1150. The van der Waals surface area contributed by atoms with E-state index in [2.05, 4.69) is 10.4 Å². The Morgan fingerprint density at radius 2 is 1.50 bits per heavy atom. The smallest absolute Gasteiger partial charge is 0.270 e. The number of hydrogen-bond donors (Lipinski definition) is 1. The van der Waals surface area contributed by atoms with Gasteiger partial charge in [-0.05, 0) is 67.1 Å². The van der Waals surface area contributed by atoms with Crippen LogP contribution < -0.4 is 5.32 Å². The van der Waals surface area contributed by atoms with E-state index in [1.165, 1.54) is 28.9 Å². The minimum absolute atomic E-state index is 0.218. The fraction of sp³-hybridized carbons (Fsp3) is 0.0833. The summed E-state index contributed by atoms with van der Waals surface area (Å²) in [6, 6.07) is 22.6. The second kappa shape index (κ2) is 8.29. The highest BCUT2D eigenvalue weighted by Gasteiger charge is 2.20. The number of carbonyl (C=O) groups is 1. The van der Waals surface area contributed by atoms with Gasteiger partial charge in [-0.25, -0.2) is 13.5 Å². The van der Waals surface area contributed by atoms with Gasteiger partial charge in [0.15, 0.2) is 0 Å². The van der Waals surface area contributed by atoms with Crippen molar-refractivity contribution in [3.8, 4) is 16.9 Å². The first kappa shape index (κ1) is 19.5. The van der Waals surface area contributed by atoms with Gasteiger partial charge in [0.05, 0.1) is 17.4 Å². The summed E-state index contributed by atoms with van der Waals surface area (Å²) in [6.07, 6.45) is 0. The van der Waals surface area contributed by atoms with E-state index in [0.717, 1.165) is 5.56 Å². The summed E-state index contributed by atoms with van der Waals surface area (Å²) >= 11 is 0. The molecule has 0 saturated heterocycles. The molecule has 3 aromatic carbocycles. The predicted molar refractivity (Wildman–Crippen MR) is 111 cm³/mol. The number of aromatic nitrogens is 2. The maximum atomic E-state index is 13.4. The number of nitrogens with one attached hydrogen (secondary N) is 1. The first-order chi connectivity index (χ1) is 14.5. The van der Waals surface area contributed by atoms with E-state index < -0.39 is 0 Å². The largest absolute Gasteiger partial charge is 0.344 e. The van der Waals surface area contributed by atoms with E-state index >= 15 is 0 Å². The first-order valence-electron chi connectivity index (χ1n) is 9.49. The molecule has 0 spiro atoms. The summed E-state index contributed by atoms with van der Waals surface area (Å²) in [7, 11) is 0. The molecule has 1 unspecified atom stereocenters. The third kappa shape index (κ3) is 4.12. The molecule has 0 aliphatic rings. The molecule has 0 fully saturated rings. The third-order valence-electron chi connectivity index (χ3n) is 4.80. The summed E-state index contributed by atoms with van der Waals surface area (Å²) < 4.78 is 28.1. The van der Waals surface area contributed by atoms with Crippen LogP contribution in [0.5, 0.6) is 0 Å². The molecular formula is C24H19F2N3O. The van der Waals surface area contributed by atoms with E-state index in [-0.39, 0.29) is 23.6 Å². The van der Waals surface area contributed by atoms with E-state index in [9.17, 15) is 13.6 Å². The molecule has 0 aliphatic heterocycles. The lowest BCUT2D eigenvalue weighted by Gasteiger charge is -2.15. The lowest BCUT2D eigenvalue weighted by atomic mass is 10.1. The van der Waals surface area contributed by atoms with E-state index in [0.29, 0.717) is 22.6 Å². The Kier molecular flexibility index (Phi) is 5.39. The standard InChI is InChI=1S/C24H19F2N3O/c1-16(17-5-3-2-4-6-17)27-24(30)23-15-22(18-7-9-19(25)10-8-18)28-29(23)21-13-11-20(26)12-14-21/h2-16H,1H3,(H,27,30). The van der Waals surface area contributed by atoms with Crippen molar-refractivity contribution in [3.63, 3.8) is 0 Å². The molecule has 0 bridgehead atoms. The highest BCUT2D eigenvalue weighted by atomic mass is 19.1. The Morgan fingerprint density at radius 3 is 2.13 bits per heavy atom. The molecule has 4 rings (SSSR count). The van der Waals surface area contributed by atoms with Crippen LogP contribution in [0, 0.1) is 11.6 Å². The van der Waals surface area contributed by atoms with Gasteiger partial charge in [0.25, 0.3) is 5.91 Å². The number of halogens is 2. The molecule has 30 heavy (non-hydrogen) atoms. The van der Waals surface area contributed by atoms with Crippen LogP contribution in [0.15, 0.2) is 84.9 Å². The summed E-state index contributed by atoms with van der Waals surface area (Å²) in [5.41, 5.74) is 2.99. The molecule has 6 heteroatoms. The van der Waals surface area contributed by atoms with E-state index in [1.807, 2.05) is 37.3 Å².